The zero-order valence-corrected chi connectivity index (χ0v) is 16.8. The summed E-state index contributed by atoms with van der Waals surface area (Å²) in [5.41, 5.74) is 0.294. The number of para-hydroxylation sites is 1. The number of anilines is 1. The molecule has 0 bridgehead atoms. The smallest absolute Gasteiger partial charge is 0.295 e. The molecule has 1 fully saturated rings. The van der Waals surface area contributed by atoms with Gasteiger partial charge in [-0.25, -0.2) is 9.37 Å². The lowest BCUT2D eigenvalue weighted by Gasteiger charge is -2.27. The number of benzene rings is 1. The summed E-state index contributed by atoms with van der Waals surface area (Å²) in [5, 5.41) is 0.485. The van der Waals surface area contributed by atoms with Crippen LogP contribution in [0.2, 0.25) is 0 Å². The fraction of sp³-hybridized carbons (Fsp3) is 0.368. The Hall–Kier alpha value is -2.00. The number of aromatic nitrogens is 1. The third-order valence-corrected chi connectivity index (χ3v) is 5.57. The van der Waals surface area contributed by atoms with Gasteiger partial charge in [0.05, 0.1) is 24.2 Å². The minimum absolute atomic E-state index is 0. The zero-order valence-electron chi connectivity index (χ0n) is 15.2. The molecule has 1 aromatic carbocycles. The lowest BCUT2D eigenvalue weighted by molar-refractivity contribution is 0.0376. The van der Waals surface area contributed by atoms with E-state index in [4.69, 9.17) is 9.15 Å². The molecular weight excluding hydrogens is 405 g/mol. The molecule has 28 heavy (non-hydrogen) atoms. The van der Waals surface area contributed by atoms with Crippen molar-refractivity contribution in [3.05, 3.63) is 48.2 Å². The average Bonchev–Trinajstić information content (AvgIpc) is 3.36. The summed E-state index contributed by atoms with van der Waals surface area (Å²) in [6.45, 7) is 4.64. The van der Waals surface area contributed by atoms with Gasteiger partial charge in [0.2, 0.25) is 0 Å². The molecule has 0 radical (unpaired) electrons. The summed E-state index contributed by atoms with van der Waals surface area (Å²) in [6.07, 6.45) is 2.25. The number of hydrogen-bond acceptors (Lipinski definition) is 6. The Morgan fingerprint density at radius 3 is 2.79 bits per heavy atom. The van der Waals surface area contributed by atoms with Crippen LogP contribution in [0, 0.1) is 5.82 Å². The number of hydrogen-bond donors (Lipinski definition) is 0. The number of rotatable bonds is 6. The van der Waals surface area contributed by atoms with E-state index in [1.54, 1.807) is 23.1 Å². The SMILES string of the molecule is Cl.O=C(c1ccco1)N(CCCN1CCOCC1)c1nc2c(F)cccc2s1. The van der Waals surface area contributed by atoms with Crippen LogP contribution >= 0.6 is 23.7 Å². The molecule has 1 amide bonds. The summed E-state index contributed by atoms with van der Waals surface area (Å²) in [4.78, 5) is 21.2. The van der Waals surface area contributed by atoms with Crippen molar-refractivity contribution in [1.29, 1.82) is 0 Å². The Balaban J connectivity index is 0.00000225. The van der Waals surface area contributed by atoms with Crippen molar-refractivity contribution in [2.45, 2.75) is 6.42 Å². The van der Waals surface area contributed by atoms with Crippen molar-refractivity contribution < 1.29 is 18.3 Å². The van der Waals surface area contributed by atoms with Crippen LogP contribution in [0.4, 0.5) is 9.52 Å². The Morgan fingerprint density at radius 2 is 2.07 bits per heavy atom. The van der Waals surface area contributed by atoms with Gasteiger partial charge in [0, 0.05) is 26.2 Å². The van der Waals surface area contributed by atoms with Crippen LogP contribution in [0.15, 0.2) is 41.0 Å². The highest BCUT2D eigenvalue weighted by atomic mass is 35.5. The monoisotopic (exact) mass is 425 g/mol. The van der Waals surface area contributed by atoms with Crippen molar-refractivity contribution in [1.82, 2.24) is 9.88 Å². The highest BCUT2D eigenvalue weighted by molar-refractivity contribution is 7.22. The first-order valence-electron chi connectivity index (χ1n) is 8.93. The average molecular weight is 426 g/mol. The van der Waals surface area contributed by atoms with E-state index in [1.807, 2.05) is 6.07 Å². The standard InChI is InChI=1S/C19H20FN3O3S.ClH/c20-14-4-1-6-16-17(14)21-19(27-16)23(18(24)15-5-2-11-26-15)8-3-7-22-9-12-25-13-10-22;/h1-2,4-6,11H,3,7-10,12-13H2;1H. The van der Waals surface area contributed by atoms with E-state index in [9.17, 15) is 9.18 Å². The lowest BCUT2D eigenvalue weighted by atomic mass is 10.3. The van der Waals surface area contributed by atoms with E-state index >= 15 is 0 Å². The number of nitrogens with zero attached hydrogens (tertiary/aromatic N) is 3. The number of ether oxygens (including phenoxy) is 1. The second kappa shape index (κ2) is 9.47. The number of morpholine rings is 1. The summed E-state index contributed by atoms with van der Waals surface area (Å²) in [7, 11) is 0. The Bertz CT molecular complexity index is 912. The topological polar surface area (TPSA) is 58.8 Å². The van der Waals surface area contributed by atoms with Crippen LogP contribution in [-0.2, 0) is 4.74 Å². The minimum Gasteiger partial charge on any atom is -0.459 e. The molecule has 1 aliphatic rings. The number of furan rings is 1. The molecule has 2 aromatic heterocycles. The highest BCUT2D eigenvalue weighted by Gasteiger charge is 2.24. The van der Waals surface area contributed by atoms with E-state index in [1.165, 1.54) is 23.7 Å². The number of thiazole rings is 1. The molecule has 1 saturated heterocycles. The van der Waals surface area contributed by atoms with Crippen LogP contribution in [0.1, 0.15) is 17.0 Å². The van der Waals surface area contributed by atoms with Gasteiger partial charge in [0.25, 0.3) is 5.91 Å². The van der Waals surface area contributed by atoms with E-state index in [-0.39, 0.29) is 29.9 Å². The minimum atomic E-state index is -0.381. The van der Waals surface area contributed by atoms with Gasteiger partial charge in [0.1, 0.15) is 11.3 Å². The summed E-state index contributed by atoms with van der Waals surface area (Å²) < 4.78 is 25.4. The van der Waals surface area contributed by atoms with E-state index in [0.29, 0.717) is 17.2 Å². The molecule has 3 heterocycles. The molecule has 0 unspecified atom stereocenters. The largest absolute Gasteiger partial charge is 0.459 e. The first-order chi connectivity index (χ1) is 13.2. The molecule has 0 aliphatic carbocycles. The van der Waals surface area contributed by atoms with Crippen LogP contribution in [0.25, 0.3) is 10.2 Å². The van der Waals surface area contributed by atoms with Crippen molar-refractivity contribution in [2.75, 3.05) is 44.3 Å². The molecule has 3 aromatic rings. The van der Waals surface area contributed by atoms with Gasteiger partial charge in [-0.15, -0.1) is 12.4 Å². The first kappa shape index (κ1) is 20.7. The maximum atomic E-state index is 14.0. The van der Waals surface area contributed by atoms with Crippen molar-refractivity contribution >= 4 is 45.0 Å². The Labute approximate surface area is 172 Å². The molecule has 9 heteroatoms. The second-order valence-electron chi connectivity index (χ2n) is 6.32. The number of halogens is 2. The highest BCUT2D eigenvalue weighted by Crippen LogP contribution is 2.31. The molecule has 0 saturated carbocycles. The number of amides is 1. The maximum absolute atomic E-state index is 14.0. The van der Waals surface area contributed by atoms with Gasteiger partial charge in [-0.3, -0.25) is 14.6 Å². The fourth-order valence-electron chi connectivity index (χ4n) is 3.11. The molecule has 0 atom stereocenters. The predicted octanol–water partition coefficient (Wildman–Crippen LogP) is 3.82. The summed E-state index contributed by atoms with van der Waals surface area (Å²) >= 11 is 1.31. The molecule has 0 spiro atoms. The van der Waals surface area contributed by atoms with Gasteiger partial charge in [-0.2, -0.15) is 0 Å². The molecule has 150 valence electrons. The van der Waals surface area contributed by atoms with Crippen molar-refractivity contribution in [3.63, 3.8) is 0 Å². The van der Waals surface area contributed by atoms with Crippen molar-refractivity contribution in [3.8, 4) is 0 Å². The van der Waals surface area contributed by atoms with Gasteiger partial charge in [0.15, 0.2) is 10.9 Å². The zero-order chi connectivity index (χ0) is 18.6. The Kier molecular flexibility index (Phi) is 7.01. The third-order valence-electron chi connectivity index (χ3n) is 4.53. The van der Waals surface area contributed by atoms with Gasteiger partial charge in [-0.1, -0.05) is 17.4 Å². The Morgan fingerprint density at radius 1 is 1.25 bits per heavy atom. The normalized spacial score (nSPS) is 14.8. The molecule has 0 N–H and O–H groups in total. The number of carbonyl (C=O) groups is 1. The quantitative estimate of drug-likeness (QED) is 0.601. The molecule has 6 nitrogen and oxygen atoms in total. The van der Waals surface area contributed by atoms with Crippen molar-refractivity contribution in [2.24, 2.45) is 0 Å². The van der Waals surface area contributed by atoms with E-state index in [2.05, 4.69) is 9.88 Å². The van der Waals surface area contributed by atoms with Gasteiger partial charge in [-0.05, 0) is 30.7 Å². The lowest BCUT2D eigenvalue weighted by Crippen LogP contribution is -2.39. The molecular formula is C19H21ClFN3O3S. The van der Waals surface area contributed by atoms with Gasteiger partial charge >= 0.3 is 0 Å². The number of carbonyl (C=O) groups excluding carboxylic acids is 1. The van der Waals surface area contributed by atoms with E-state index in [0.717, 1.165) is 44.0 Å². The fourth-order valence-corrected chi connectivity index (χ4v) is 4.12. The maximum Gasteiger partial charge on any atom is 0.295 e. The van der Waals surface area contributed by atoms with Crippen LogP contribution < -0.4 is 4.90 Å². The van der Waals surface area contributed by atoms with Crippen LogP contribution in [0.5, 0.6) is 0 Å². The summed E-state index contributed by atoms with van der Waals surface area (Å²) in [6, 6.07) is 8.14. The van der Waals surface area contributed by atoms with Gasteiger partial charge < -0.3 is 9.15 Å². The van der Waals surface area contributed by atoms with E-state index < -0.39 is 0 Å². The first-order valence-corrected chi connectivity index (χ1v) is 9.74. The van der Waals surface area contributed by atoms with Crippen LogP contribution in [0.3, 0.4) is 0 Å². The number of fused-ring (bicyclic) bond motifs is 1. The summed E-state index contributed by atoms with van der Waals surface area (Å²) in [5.74, 6) is -0.392. The van der Waals surface area contributed by atoms with Crippen LogP contribution in [-0.4, -0.2) is 55.2 Å². The molecule has 4 rings (SSSR count). The second-order valence-corrected chi connectivity index (χ2v) is 7.33. The molecule has 1 aliphatic heterocycles. The predicted molar refractivity (Wildman–Crippen MR) is 109 cm³/mol. The third kappa shape index (κ3) is 4.52.